The van der Waals surface area contributed by atoms with E-state index < -0.39 is 0 Å². The molecule has 0 amide bonds. The Bertz CT molecular complexity index is 707. The van der Waals surface area contributed by atoms with E-state index in [1.807, 2.05) is 13.0 Å². The summed E-state index contributed by atoms with van der Waals surface area (Å²) in [7, 11) is 0. The third-order valence-electron chi connectivity index (χ3n) is 8.49. The Hall–Kier alpha value is -1.29. The van der Waals surface area contributed by atoms with Crippen LogP contribution in [0.2, 0.25) is 0 Å². The molecule has 0 aliphatic heterocycles. The molecule has 0 aromatic heterocycles. The first kappa shape index (κ1) is 19.0. The smallest absolute Gasteiger partial charge is 0.162 e. The fraction of sp³-hybridized carbons (Fsp3) is 0.783. The highest BCUT2D eigenvalue weighted by atomic mass is 16.5. The number of ketones is 3. The van der Waals surface area contributed by atoms with Crippen LogP contribution in [0.5, 0.6) is 0 Å². The molecule has 0 aromatic carbocycles. The van der Waals surface area contributed by atoms with E-state index in [-0.39, 0.29) is 40.8 Å². The Balaban J connectivity index is 1.64. The second kappa shape index (κ2) is 6.65. The molecule has 0 bridgehead atoms. The summed E-state index contributed by atoms with van der Waals surface area (Å²) in [5.74, 6) is 1.51. The highest BCUT2D eigenvalue weighted by molar-refractivity contribution is 5.93. The van der Waals surface area contributed by atoms with Gasteiger partial charge < -0.3 is 4.74 Å². The van der Waals surface area contributed by atoms with Gasteiger partial charge in [0.1, 0.15) is 12.4 Å². The maximum absolute atomic E-state index is 13.4. The van der Waals surface area contributed by atoms with Crippen molar-refractivity contribution in [3.63, 3.8) is 0 Å². The predicted octanol–water partition coefficient (Wildman–Crippen LogP) is 3.92. The van der Waals surface area contributed by atoms with Crippen LogP contribution in [0.25, 0.3) is 0 Å². The van der Waals surface area contributed by atoms with Gasteiger partial charge in [-0.2, -0.15) is 0 Å². The number of fused-ring (bicyclic) bond motifs is 5. The number of Topliss-reactive ketones (excluding diaryl/α,β-unsaturated/α-hetero) is 2. The molecule has 0 aromatic rings. The SMILES string of the molecule is CCOCC(=O)[C@H]1CC[C@H]2[C@@H]3CCC4=CC(=O)CC[C@]4(C)[C@H]3C(=O)C[C@]12C. The lowest BCUT2D eigenvalue weighted by molar-refractivity contribution is -0.149. The molecule has 3 saturated carbocycles. The molecule has 6 atom stereocenters. The molecule has 0 saturated heterocycles. The third kappa shape index (κ3) is 2.78. The van der Waals surface area contributed by atoms with Gasteiger partial charge in [-0.3, -0.25) is 14.4 Å². The maximum Gasteiger partial charge on any atom is 0.162 e. The molecule has 148 valence electrons. The Morgan fingerprint density at radius 1 is 1.19 bits per heavy atom. The van der Waals surface area contributed by atoms with E-state index in [4.69, 9.17) is 4.74 Å². The molecule has 4 heteroatoms. The second-order valence-corrected chi connectivity index (χ2v) is 9.72. The normalized spacial score (nSPS) is 43.6. The predicted molar refractivity (Wildman–Crippen MR) is 102 cm³/mol. The third-order valence-corrected chi connectivity index (χ3v) is 8.49. The number of hydrogen-bond acceptors (Lipinski definition) is 4. The van der Waals surface area contributed by atoms with Crippen LogP contribution in [0, 0.1) is 34.5 Å². The molecular formula is C23H32O4. The monoisotopic (exact) mass is 372 g/mol. The van der Waals surface area contributed by atoms with Crippen LogP contribution < -0.4 is 0 Å². The number of carbonyl (C=O) groups excluding carboxylic acids is 3. The van der Waals surface area contributed by atoms with Gasteiger partial charge in [-0.05, 0) is 67.8 Å². The highest BCUT2D eigenvalue weighted by Crippen LogP contribution is 2.65. The number of ether oxygens (including phenoxy) is 1. The van der Waals surface area contributed by atoms with E-state index in [1.54, 1.807) is 0 Å². The average Bonchev–Trinajstić information content (AvgIpc) is 2.96. The summed E-state index contributed by atoms with van der Waals surface area (Å²) >= 11 is 0. The lowest BCUT2D eigenvalue weighted by atomic mass is 9.46. The molecule has 0 N–H and O–H groups in total. The van der Waals surface area contributed by atoms with Crippen molar-refractivity contribution in [1.29, 1.82) is 0 Å². The van der Waals surface area contributed by atoms with Crippen molar-refractivity contribution in [3.8, 4) is 0 Å². The summed E-state index contributed by atoms with van der Waals surface area (Å²) in [6.45, 7) is 7.04. The van der Waals surface area contributed by atoms with E-state index in [0.29, 0.717) is 37.1 Å². The van der Waals surface area contributed by atoms with Crippen LogP contribution in [0.4, 0.5) is 0 Å². The minimum absolute atomic E-state index is 0.0319. The molecule has 0 radical (unpaired) electrons. The summed E-state index contributed by atoms with van der Waals surface area (Å²) in [5, 5.41) is 0. The quantitative estimate of drug-likeness (QED) is 0.750. The van der Waals surface area contributed by atoms with Crippen LogP contribution in [-0.2, 0) is 19.1 Å². The fourth-order valence-electron chi connectivity index (χ4n) is 7.22. The van der Waals surface area contributed by atoms with Gasteiger partial charge in [0.05, 0.1) is 0 Å². The largest absolute Gasteiger partial charge is 0.374 e. The van der Waals surface area contributed by atoms with Gasteiger partial charge in [0.15, 0.2) is 11.6 Å². The van der Waals surface area contributed by atoms with Crippen molar-refractivity contribution in [2.75, 3.05) is 13.2 Å². The lowest BCUT2D eigenvalue weighted by Crippen LogP contribution is -2.55. The molecule has 3 fully saturated rings. The second-order valence-electron chi connectivity index (χ2n) is 9.72. The minimum Gasteiger partial charge on any atom is -0.374 e. The lowest BCUT2D eigenvalue weighted by Gasteiger charge is -2.56. The van der Waals surface area contributed by atoms with Crippen molar-refractivity contribution in [3.05, 3.63) is 11.6 Å². The number of carbonyl (C=O) groups is 3. The van der Waals surface area contributed by atoms with Gasteiger partial charge in [-0.1, -0.05) is 19.4 Å². The van der Waals surface area contributed by atoms with Crippen molar-refractivity contribution in [2.45, 2.75) is 65.7 Å². The van der Waals surface area contributed by atoms with Crippen LogP contribution in [-0.4, -0.2) is 30.6 Å². The van der Waals surface area contributed by atoms with Crippen molar-refractivity contribution in [2.24, 2.45) is 34.5 Å². The van der Waals surface area contributed by atoms with E-state index in [1.165, 1.54) is 5.57 Å². The van der Waals surface area contributed by atoms with Gasteiger partial charge in [-0.15, -0.1) is 0 Å². The summed E-state index contributed by atoms with van der Waals surface area (Å²) in [4.78, 5) is 38.1. The topological polar surface area (TPSA) is 60.4 Å². The van der Waals surface area contributed by atoms with Gasteiger partial charge in [0.25, 0.3) is 0 Å². The zero-order valence-electron chi connectivity index (χ0n) is 16.9. The molecule has 4 rings (SSSR count). The minimum atomic E-state index is -0.214. The molecule has 4 aliphatic carbocycles. The molecule has 0 spiro atoms. The molecule has 0 unspecified atom stereocenters. The summed E-state index contributed by atoms with van der Waals surface area (Å²) < 4.78 is 5.39. The Labute approximate surface area is 162 Å². The fourth-order valence-corrected chi connectivity index (χ4v) is 7.22. The van der Waals surface area contributed by atoms with E-state index in [9.17, 15) is 14.4 Å². The summed E-state index contributed by atoms with van der Waals surface area (Å²) in [6, 6.07) is 0. The zero-order chi connectivity index (χ0) is 19.4. The molecule has 0 heterocycles. The first-order valence-electron chi connectivity index (χ1n) is 10.7. The van der Waals surface area contributed by atoms with Gasteiger partial charge >= 0.3 is 0 Å². The van der Waals surface area contributed by atoms with E-state index >= 15 is 0 Å². The molecule has 4 nitrogen and oxygen atoms in total. The van der Waals surface area contributed by atoms with Gasteiger partial charge in [0.2, 0.25) is 0 Å². The van der Waals surface area contributed by atoms with Crippen molar-refractivity contribution >= 4 is 17.3 Å². The highest BCUT2D eigenvalue weighted by Gasteiger charge is 2.63. The van der Waals surface area contributed by atoms with Gasteiger partial charge in [-0.25, -0.2) is 0 Å². The van der Waals surface area contributed by atoms with Crippen LogP contribution in [0.1, 0.15) is 65.7 Å². The molecular weight excluding hydrogens is 340 g/mol. The van der Waals surface area contributed by atoms with Gasteiger partial charge in [0, 0.05) is 31.3 Å². The summed E-state index contributed by atoms with van der Waals surface area (Å²) in [6.07, 6.45) is 7.57. The Morgan fingerprint density at radius 2 is 1.96 bits per heavy atom. The van der Waals surface area contributed by atoms with Crippen LogP contribution in [0.15, 0.2) is 11.6 Å². The first-order chi connectivity index (χ1) is 12.8. The van der Waals surface area contributed by atoms with Crippen molar-refractivity contribution in [1.82, 2.24) is 0 Å². The number of allylic oxidation sites excluding steroid dienone is 1. The zero-order valence-corrected chi connectivity index (χ0v) is 16.9. The standard InChI is InChI=1S/C23H32O4/c1-4-27-13-20(26)18-8-7-17-16-6-5-14-11-15(24)9-10-22(14,2)21(16)19(25)12-23(17,18)3/h11,16-18,21H,4-10,12-13H2,1-3H3/t16-,17-,18+,21+,22-,23-/m0/s1. The van der Waals surface area contributed by atoms with E-state index in [0.717, 1.165) is 32.1 Å². The Kier molecular flexibility index (Phi) is 4.69. The molecule has 4 aliphatic rings. The number of hydrogen-bond donors (Lipinski definition) is 0. The Morgan fingerprint density at radius 3 is 2.70 bits per heavy atom. The van der Waals surface area contributed by atoms with Crippen LogP contribution >= 0.6 is 0 Å². The first-order valence-corrected chi connectivity index (χ1v) is 10.7. The molecule has 27 heavy (non-hydrogen) atoms. The van der Waals surface area contributed by atoms with Crippen LogP contribution in [0.3, 0.4) is 0 Å². The summed E-state index contributed by atoms with van der Waals surface area (Å²) in [5.41, 5.74) is 0.843. The maximum atomic E-state index is 13.4. The average molecular weight is 373 g/mol. The van der Waals surface area contributed by atoms with E-state index in [2.05, 4.69) is 13.8 Å². The van der Waals surface area contributed by atoms with Crippen molar-refractivity contribution < 1.29 is 19.1 Å². The number of rotatable bonds is 4.